The molecule has 0 aliphatic rings. The summed E-state index contributed by atoms with van der Waals surface area (Å²) in [5, 5.41) is 4.48. The zero-order valence-corrected chi connectivity index (χ0v) is 11.9. The number of nitrogens with two attached hydrogens (primary N) is 1. The maximum Gasteiger partial charge on any atom is 0.162 e. The molecule has 0 spiro atoms. The first-order valence-corrected chi connectivity index (χ1v) is 6.44. The Kier molecular flexibility index (Phi) is 3.80. The number of nitrogens with zero attached hydrogens (tertiary/aromatic N) is 4. The highest BCUT2D eigenvalue weighted by Gasteiger charge is 2.14. The minimum absolute atomic E-state index is 0.654. The quantitative estimate of drug-likeness (QED) is 0.647. The van der Waals surface area contributed by atoms with E-state index in [9.17, 15) is 0 Å². The van der Waals surface area contributed by atoms with Gasteiger partial charge in [0.2, 0.25) is 0 Å². The average molecular weight is 260 g/mol. The smallest absolute Gasteiger partial charge is 0.162 e. The van der Waals surface area contributed by atoms with E-state index in [1.807, 2.05) is 31.5 Å². The standard InChI is InChI=1S/C13H20N6/c1-5-6-11-15-12(17-14)10(4)13(16-11)19-9(3)7-8(2)18-19/h7H,5-6,14H2,1-4H3,(H,15,16,17). The van der Waals surface area contributed by atoms with Gasteiger partial charge in [0.25, 0.3) is 0 Å². The third-order valence-electron chi connectivity index (χ3n) is 2.99. The number of rotatable bonds is 4. The first-order chi connectivity index (χ1) is 9.06. The Balaban J connectivity index is 2.60. The monoisotopic (exact) mass is 260 g/mol. The fraction of sp³-hybridized carbons (Fsp3) is 0.462. The predicted octanol–water partition coefficient (Wildman–Crippen LogP) is 1.83. The second-order valence-corrected chi connectivity index (χ2v) is 4.67. The van der Waals surface area contributed by atoms with Gasteiger partial charge in [-0.3, -0.25) is 0 Å². The molecule has 0 unspecified atom stereocenters. The second kappa shape index (κ2) is 5.36. The Hall–Kier alpha value is -1.95. The lowest BCUT2D eigenvalue weighted by Gasteiger charge is -2.12. The number of hydrazine groups is 1. The highest BCUT2D eigenvalue weighted by atomic mass is 15.3. The summed E-state index contributed by atoms with van der Waals surface area (Å²) in [7, 11) is 0. The van der Waals surface area contributed by atoms with Gasteiger partial charge in [-0.05, 0) is 33.3 Å². The first-order valence-electron chi connectivity index (χ1n) is 6.44. The van der Waals surface area contributed by atoms with Crippen LogP contribution in [0.5, 0.6) is 0 Å². The van der Waals surface area contributed by atoms with Crippen molar-refractivity contribution >= 4 is 5.82 Å². The zero-order chi connectivity index (χ0) is 14.0. The van der Waals surface area contributed by atoms with E-state index in [0.717, 1.165) is 41.4 Å². The molecule has 2 rings (SSSR count). The molecule has 0 saturated carbocycles. The van der Waals surface area contributed by atoms with Crippen LogP contribution in [0.3, 0.4) is 0 Å². The van der Waals surface area contributed by atoms with E-state index in [4.69, 9.17) is 5.84 Å². The Labute approximate surface area is 113 Å². The molecule has 102 valence electrons. The molecule has 0 bridgehead atoms. The maximum absolute atomic E-state index is 5.54. The van der Waals surface area contributed by atoms with Crippen LogP contribution < -0.4 is 11.3 Å². The molecule has 6 nitrogen and oxygen atoms in total. The van der Waals surface area contributed by atoms with Crippen molar-refractivity contribution in [1.82, 2.24) is 19.7 Å². The molecule has 0 fully saturated rings. The van der Waals surface area contributed by atoms with E-state index >= 15 is 0 Å². The van der Waals surface area contributed by atoms with Crippen LogP contribution >= 0.6 is 0 Å². The zero-order valence-electron chi connectivity index (χ0n) is 11.9. The van der Waals surface area contributed by atoms with E-state index in [1.54, 1.807) is 0 Å². The SMILES string of the molecule is CCCc1nc(NN)c(C)c(-n2nc(C)cc2C)n1. The fourth-order valence-corrected chi connectivity index (χ4v) is 2.08. The molecular formula is C13H20N6. The number of nitrogens with one attached hydrogen (secondary N) is 1. The van der Waals surface area contributed by atoms with Crippen LogP contribution in [0.15, 0.2) is 6.07 Å². The molecule has 0 saturated heterocycles. The van der Waals surface area contributed by atoms with Gasteiger partial charge in [-0.2, -0.15) is 5.10 Å². The van der Waals surface area contributed by atoms with E-state index in [0.29, 0.717) is 5.82 Å². The normalized spacial score (nSPS) is 10.8. The van der Waals surface area contributed by atoms with E-state index in [2.05, 4.69) is 27.4 Å². The summed E-state index contributed by atoms with van der Waals surface area (Å²) in [6.45, 7) is 8.02. The van der Waals surface area contributed by atoms with Gasteiger partial charge >= 0.3 is 0 Å². The second-order valence-electron chi connectivity index (χ2n) is 4.67. The van der Waals surface area contributed by atoms with Crippen LogP contribution in [-0.2, 0) is 6.42 Å². The van der Waals surface area contributed by atoms with Gasteiger partial charge in [-0.1, -0.05) is 6.92 Å². The van der Waals surface area contributed by atoms with Crippen molar-refractivity contribution in [3.8, 4) is 5.82 Å². The summed E-state index contributed by atoms with van der Waals surface area (Å²) in [6, 6.07) is 2.02. The van der Waals surface area contributed by atoms with E-state index in [1.165, 1.54) is 0 Å². The van der Waals surface area contributed by atoms with Crippen LogP contribution in [0.1, 0.15) is 36.1 Å². The number of hydrogen-bond donors (Lipinski definition) is 2. The molecule has 0 amide bonds. The van der Waals surface area contributed by atoms with Crippen molar-refractivity contribution in [2.45, 2.75) is 40.5 Å². The number of hydrogen-bond acceptors (Lipinski definition) is 5. The highest BCUT2D eigenvalue weighted by Crippen LogP contribution is 2.20. The third-order valence-corrected chi connectivity index (χ3v) is 2.99. The Bertz CT molecular complexity index is 587. The lowest BCUT2D eigenvalue weighted by atomic mass is 10.2. The number of aromatic nitrogens is 4. The summed E-state index contributed by atoms with van der Waals surface area (Å²) < 4.78 is 1.84. The summed E-state index contributed by atoms with van der Waals surface area (Å²) in [5.74, 6) is 7.76. The van der Waals surface area contributed by atoms with Gasteiger partial charge in [-0.15, -0.1) is 0 Å². The number of nitrogen functional groups attached to an aromatic ring is 1. The van der Waals surface area contributed by atoms with Crippen LogP contribution in [0.25, 0.3) is 5.82 Å². The molecule has 2 aromatic heterocycles. The van der Waals surface area contributed by atoms with Gasteiger partial charge in [0, 0.05) is 17.7 Å². The predicted molar refractivity (Wildman–Crippen MR) is 75.2 cm³/mol. The summed E-state index contributed by atoms with van der Waals surface area (Å²) >= 11 is 0. The van der Waals surface area contributed by atoms with Gasteiger partial charge in [0.05, 0.1) is 5.69 Å². The van der Waals surface area contributed by atoms with Crippen molar-refractivity contribution < 1.29 is 0 Å². The highest BCUT2D eigenvalue weighted by molar-refractivity contribution is 5.51. The van der Waals surface area contributed by atoms with Crippen molar-refractivity contribution in [2.75, 3.05) is 5.43 Å². The topological polar surface area (TPSA) is 81.6 Å². The molecule has 3 N–H and O–H groups in total. The molecule has 0 aliphatic heterocycles. The summed E-state index contributed by atoms with van der Waals surface area (Å²) in [5.41, 5.74) is 5.55. The molecule has 2 heterocycles. The van der Waals surface area contributed by atoms with Gasteiger partial charge in [0.1, 0.15) is 11.6 Å². The maximum atomic E-state index is 5.54. The molecule has 0 aliphatic carbocycles. The van der Waals surface area contributed by atoms with Crippen molar-refractivity contribution in [1.29, 1.82) is 0 Å². The van der Waals surface area contributed by atoms with Crippen molar-refractivity contribution in [2.24, 2.45) is 5.84 Å². The van der Waals surface area contributed by atoms with Crippen LogP contribution in [0.4, 0.5) is 5.82 Å². The van der Waals surface area contributed by atoms with E-state index < -0.39 is 0 Å². The molecule has 0 aromatic carbocycles. The molecule has 0 radical (unpaired) electrons. The number of anilines is 1. The van der Waals surface area contributed by atoms with Gasteiger partial charge in [-0.25, -0.2) is 20.5 Å². The Morgan fingerprint density at radius 1 is 1.26 bits per heavy atom. The largest absolute Gasteiger partial charge is 0.308 e. The average Bonchev–Trinajstić information content (AvgIpc) is 2.70. The number of aryl methyl sites for hydroxylation is 3. The van der Waals surface area contributed by atoms with Crippen LogP contribution in [0, 0.1) is 20.8 Å². The van der Waals surface area contributed by atoms with Crippen LogP contribution in [-0.4, -0.2) is 19.7 Å². The molecular weight excluding hydrogens is 240 g/mol. The lowest BCUT2D eigenvalue weighted by molar-refractivity contribution is 0.759. The Morgan fingerprint density at radius 2 is 2.00 bits per heavy atom. The summed E-state index contributed by atoms with van der Waals surface area (Å²) in [4.78, 5) is 9.02. The fourth-order valence-electron chi connectivity index (χ4n) is 2.08. The van der Waals surface area contributed by atoms with Gasteiger partial charge in [0.15, 0.2) is 5.82 Å². The Morgan fingerprint density at radius 3 is 2.53 bits per heavy atom. The third kappa shape index (κ3) is 2.58. The lowest BCUT2D eigenvalue weighted by Crippen LogP contribution is -2.16. The minimum atomic E-state index is 0.654. The first kappa shape index (κ1) is 13.5. The minimum Gasteiger partial charge on any atom is -0.308 e. The molecule has 6 heteroatoms. The van der Waals surface area contributed by atoms with Crippen LogP contribution in [0.2, 0.25) is 0 Å². The molecule has 0 atom stereocenters. The van der Waals surface area contributed by atoms with Crippen molar-refractivity contribution in [3.05, 3.63) is 28.8 Å². The van der Waals surface area contributed by atoms with Crippen molar-refractivity contribution in [3.63, 3.8) is 0 Å². The summed E-state index contributed by atoms with van der Waals surface area (Å²) in [6.07, 6.45) is 1.81. The molecule has 2 aromatic rings. The molecule has 19 heavy (non-hydrogen) atoms. The van der Waals surface area contributed by atoms with E-state index in [-0.39, 0.29) is 0 Å². The van der Waals surface area contributed by atoms with Gasteiger partial charge < -0.3 is 5.43 Å².